The molecule has 1 aliphatic heterocycles. The van der Waals surface area contributed by atoms with Gasteiger partial charge in [0, 0.05) is 6.07 Å². The van der Waals surface area contributed by atoms with E-state index in [4.69, 9.17) is 14.2 Å². The van der Waals surface area contributed by atoms with Crippen LogP contribution in [0.5, 0.6) is 17.2 Å². The van der Waals surface area contributed by atoms with E-state index < -0.39 is 0 Å². The van der Waals surface area contributed by atoms with Gasteiger partial charge in [-0.2, -0.15) is 0 Å². The molecule has 1 heterocycles. The third-order valence-electron chi connectivity index (χ3n) is 2.51. The maximum absolute atomic E-state index is 5.78. The van der Waals surface area contributed by atoms with Crippen LogP contribution in [0.4, 0.5) is 0 Å². The second-order valence-electron chi connectivity index (χ2n) is 4.37. The fraction of sp³-hybridized carbons (Fsp3) is 0.538. The lowest BCUT2D eigenvalue weighted by Crippen LogP contribution is -2.06. The van der Waals surface area contributed by atoms with Gasteiger partial charge in [0.15, 0.2) is 11.5 Å². The molecule has 1 aromatic carbocycles. The predicted molar refractivity (Wildman–Crippen MR) is 62.3 cm³/mol. The van der Waals surface area contributed by atoms with E-state index in [0.717, 1.165) is 30.3 Å². The van der Waals surface area contributed by atoms with Gasteiger partial charge in [-0.1, -0.05) is 20.8 Å². The smallest absolute Gasteiger partial charge is 0.231 e. The number of benzene rings is 1. The molecule has 0 saturated heterocycles. The Morgan fingerprint density at radius 2 is 1.94 bits per heavy atom. The molecule has 0 unspecified atom stereocenters. The van der Waals surface area contributed by atoms with Gasteiger partial charge in [-0.05, 0) is 24.0 Å². The average molecular weight is 222 g/mol. The van der Waals surface area contributed by atoms with Crippen molar-refractivity contribution in [2.75, 3.05) is 13.4 Å². The van der Waals surface area contributed by atoms with Crippen LogP contribution in [0.15, 0.2) is 12.1 Å². The first kappa shape index (κ1) is 11.1. The molecule has 16 heavy (non-hydrogen) atoms. The maximum Gasteiger partial charge on any atom is 0.231 e. The molecule has 2 rings (SSSR count). The molecular formula is C13H18O3. The van der Waals surface area contributed by atoms with Crippen molar-refractivity contribution in [2.24, 2.45) is 5.92 Å². The summed E-state index contributed by atoms with van der Waals surface area (Å²) in [5, 5.41) is 0. The van der Waals surface area contributed by atoms with Crippen molar-refractivity contribution < 1.29 is 14.2 Å². The summed E-state index contributed by atoms with van der Waals surface area (Å²) in [7, 11) is 0. The zero-order valence-corrected chi connectivity index (χ0v) is 10.1. The van der Waals surface area contributed by atoms with Crippen LogP contribution in [0.1, 0.15) is 26.3 Å². The van der Waals surface area contributed by atoms with Crippen molar-refractivity contribution in [3.63, 3.8) is 0 Å². The zero-order valence-electron chi connectivity index (χ0n) is 10.1. The van der Waals surface area contributed by atoms with E-state index >= 15 is 0 Å². The van der Waals surface area contributed by atoms with Gasteiger partial charge < -0.3 is 14.2 Å². The SMILES string of the molecule is CCc1cc2c(cc1OCC(C)C)OCO2. The molecule has 1 aliphatic rings. The first-order valence-corrected chi connectivity index (χ1v) is 5.76. The van der Waals surface area contributed by atoms with E-state index in [1.807, 2.05) is 12.1 Å². The number of aryl methyl sites for hydroxylation is 1. The Morgan fingerprint density at radius 1 is 1.25 bits per heavy atom. The summed E-state index contributed by atoms with van der Waals surface area (Å²) in [6.45, 7) is 7.43. The highest BCUT2D eigenvalue weighted by molar-refractivity contribution is 5.51. The van der Waals surface area contributed by atoms with E-state index in [2.05, 4.69) is 20.8 Å². The molecule has 0 saturated carbocycles. The molecule has 3 heteroatoms. The van der Waals surface area contributed by atoms with Gasteiger partial charge in [0.05, 0.1) is 6.61 Å². The molecule has 0 atom stereocenters. The normalized spacial score (nSPS) is 13.2. The zero-order chi connectivity index (χ0) is 11.5. The third kappa shape index (κ3) is 2.23. The van der Waals surface area contributed by atoms with Crippen LogP contribution < -0.4 is 14.2 Å². The number of fused-ring (bicyclic) bond motifs is 1. The van der Waals surface area contributed by atoms with Crippen molar-refractivity contribution in [3.8, 4) is 17.2 Å². The summed E-state index contributed by atoms with van der Waals surface area (Å²) in [6, 6.07) is 3.95. The number of hydrogen-bond donors (Lipinski definition) is 0. The molecule has 1 aromatic rings. The first-order valence-electron chi connectivity index (χ1n) is 5.76. The van der Waals surface area contributed by atoms with Crippen LogP contribution in [0.3, 0.4) is 0 Å². The number of hydrogen-bond acceptors (Lipinski definition) is 3. The minimum Gasteiger partial charge on any atom is -0.493 e. The third-order valence-corrected chi connectivity index (χ3v) is 2.51. The van der Waals surface area contributed by atoms with Crippen LogP contribution >= 0.6 is 0 Å². The van der Waals surface area contributed by atoms with Crippen LogP contribution in [0.2, 0.25) is 0 Å². The molecule has 0 aliphatic carbocycles. The van der Waals surface area contributed by atoms with Gasteiger partial charge in [-0.25, -0.2) is 0 Å². The molecule has 0 bridgehead atoms. The van der Waals surface area contributed by atoms with E-state index in [-0.39, 0.29) is 0 Å². The van der Waals surface area contributed by atoms with Crippen LogP contribution in [0.25, 0.3) is 0 Å². The fourth-order valence-electron chi connectivity index (χ4n) is 1.63. The lowest BCUT2D eigenvalue weighted by atomic mass is 10.1. The second-order valence-corrected chi connectivity index (χ2v) is 4.37. The minimum absolute atomic E-state index is 0.312. The molecule has 0 fully saturated rings. The summed E-state index contributed by atoms with van der Waals surface area (Å²) < 4.78 is 16.5. The Bertz CT molecular complexity index is 372. The average Bonchev–Trinajstić information content (AvgIpc) is 2.71. The van der Waals surface area contributed by atoms with E-state index in [1.165, 1.54) is 5.56 Å². The van der Waals surface area contributed by atoms with E-state index in [0.29, 0.717) is 12.7 Å². The van der Waals surface area contributed by atoms with Gasteiger partial charge in [0.1, 0.15) is 5.75 Å². The molecule has 0 aromatic heterocycles. The van der Waals surface area contributed by atoms with E-state index in [1.54, 1.807) is 0 Å². The largest absolute Gasteiger partial charge is 0.493 e. The summed E-state index contributed by atoms with van der Waals surface area (Å²) in [6.07, 6.45) is 0.935. The summed E-state index contributed by atoms with van der Waals surface area (Å²) in [5.74, 6) is 3.06. The van der Waals surface area contributed by atoms with Gasteiger partial charge >= 0.3 is 0 Å². The van der Waals surface area contributed by atoms with Gasteiger partial charge in [-0.3, -0.25) is 0 Å². The lowest BCUT2D eigenvalue weighted by molar-refractivity contribution is 0.173. The molecule has 0 radical (unpaired) electrons. The Morgan fingerprint density at radius 3 is 2.56 bits per heavy atom. The topological polar surface area (TPSA) is 27.7 Å². The molecule has 0 amide bonds. The molecule has 0 spiro atoms. The summed E-state index contributed by atoms with van der Waals surface area (Å²) in [5.41, 5.74) is 1.17. The molecular weight excluding hydrogens is 204 g/mol. The molecule has 88 valence electrons. The molecule has 0 N–H and O–H groups in total. The molecule has 3 nitrogen and oxygen atoms in total. The van der Waals surface area contributed by atoms with Gasteiger partial charge in [-0.15, -0.1) is 0 Å². The van der Waals surface area contributed by atoms with Crippen molar-refractivity contribution >= 4 is 0 Å². The van der Waals surface area contributed by atoms with Crippen molar-refractivity contribution in [2.45, 2.75) is 27.2 Å². The fourth-order valence-corrected chi connectivity index (χ4v) is 1.63. The standard InChI is InChI=1S/C13H18O3/c1-4-10-5-12-13(16-8-15-12)6-11(10)14-7-9(2)3/h5-6,9H,4,7-8H2,1-3H3. The Kier molecular flexibility index (Phi) is 3.22. The van der Waals surface area contributed by atoms with Crippen molar-refractivity contribution in [1.82, 2.24) is 0 Å². The summed E-state index contributed by atoms with van der Waals surface area (Å²) >= 11 is 0. The Labute approximate surface area is 96.3 Å². The predicted octanol–water partition coefficient (Wildman–Crippen LogP) is 3.01. The van der Waals surface area contributed by atoms with Crippen LogP contribution in [0, 0.1) is 5.92 Å². The highest BCUT2D eigenvalue weighted by Crippen LogP contribution is 2.38. The quantitative estimate of drug-likeness (QED) is 0.783. The van der Waals surface area contributed by atoms with E-state index in [9.17, 15) is 0 Å². The monoisotopic (exact) mass is 222 g/mol. The highest BCUT2D eigenvalue weighted by Gasteiger charge is 2.17. The second kappa shape index (κ2) is 4.64. The van der Waals surface area contributed by atoms with Crippen molar-refractivity contribution in [3.05, 3.63) is 17.7 Å². The first-order chi connectivity index (χ1) is 7.70. The van der Waals surface area contributed by atoms with Crippen molar-refractivity contribution in [1.29, 1.82) is 0 Å². The van der Waals surface area contributed by atoms with Crippen LogP contribution in [-0.4, -0.2) is 13.4 Å². The minimum atomic E-state index is 0.312. The summed E-state index contributed by atoms with van der Waals surface area (Å²) in [4.78, 5) is 0. The Balaban J connectivity index is 2.22. The Hall–Kier alpha value is -1.38. The number of rotatable bonds is 4. The van der Waals surface area contributed by atoms with Gasteiger partial charge in [0.2, 0.25) is 6.79 Å². The van der Waals surface area contributed by atoms with Gasteiger partial charge in [0.25, 0.3) is 0 Å². The highest BCUT2D eigenvalue weighted by atomic mass is 16.7. The maximum atomic E-state index is 5.78. The lowest BCUT2D eigenvalue weighted by Gasteiger charge is -2.13. The van der Waals surface area contributed by atoms with Crippen LogP contribution in [-0.2, 0) is 6.42 Å². The number of ether oxygens (including phenoxy) is 3.